The molecule has 6 rings (SSSR count). The third-order valence-electron chi connectivity index (χ3n) is 5.91. The normalized spacial score (nSPS) is 11.4. The van der Waals surface area contributed by atoms with Gasteiger partial charge in [0.15, 0.2) is 0 Å². The Morgan fingerprint density at radius 2 is 1.25 bits per heavy atom. The van der Waals surface area contributed by atoms with E-state index in [0.717, 1.165) is 43.9 Å². The smallest absolute Gasteiger partial charge is 0.0648 e. The summed E-state index contributed by atoms with van der Waals surface area (Å²) < 4.78 is 2.25. The number of para-hydroxylation sites is 3. The summed E-state index contributed by atoms with van der Waals surface area (Å²) in [6.07, 6.45) is 0. The predicted octanol–water partition coefficient (Wildman–Crippen LogP) is 8.99. The number of hydrogen-bond acceptors (Lipinski definition) is 1. The zero-order valence-corrected chi connectivity index (χ0v) is 18.5. The van der Waals surface area contributed by atoms with Crippen LogP contribution in [0.4, 0.5) is 11.4 Å². The quantitative estimate of drug-likeness (QED) is 0.283. The van der Waals surface area contributed by atoms with Crippen LogP contribution >= 0.6 is 23.2 Å². The van der Waals surface area contributed by atoms with Crippen LogP contribution < -0.4 is 5.32 Å². The molecule has 0 bridgehead atoms. The minimum Gasteiger partial charge on any atom is -0.354 e. The van der Waals surface area contributed by atoms with E-state index in [1.165, 1.54) is 10.8 Å². The van der Waals surface area contributed by atoms with Crippen molar-refractivity contribution in [3.8, 4) is 5.69 Å². The molecule has 1 N–H and O–H groups in total. The SMILES string of the molecule is Clc1ccccc1Nc1cccc2cc3c4ccccc4n(-c4ccccc4Cl)c3cc12. The van der Waals surface area contributed by atoms with E-state index in [9.17, 15) is 0 Å². The average Bonchev–Trinajstić information content (AvgIpc) is 3.13. The van der Waals surface area contributed by atoms with E-state index in [-0.39, 0.29) is 0 Å². The van der Waals surface area contributed by atoms with E-state index in [0.29, 0.717) is 5.02 Å². The largest absolute Gasteiger partial charge is 0.354 e. The highest BCUT2D eigenvalue weighted by molar-refractivity contribution is 6.33. The van der Waals surface area contributed by atoms with Gasteiger partial charge >= 0.3 is 0 Å². The van der Waals surface area contributed by atoms with Crippen molar-refractivity contribution in [1.82, 2.24) is 4.57 Å². The first-order chi connectivity index (χ1) is 15.7. The number of fused-ring (bicyclic) bond motifs is 4. The highest BCUT2D eigenvalue weighted by Gasteiger charge is 2.15. The van der Waals surface area contributed by atoms with Gasteiger partial charge in [0, 0.05) is 21.8 Å². The molecule has 0 atom stereocenters. The van der Waals surface area contributed by atoms with Crippen LogP contribution in [0.1, 0.15) is 0 Å². The maximum atomic E-state index is 6.64. The molecular formula is C28H18Cl2N2. The molecule has 0 aliphatic heterocycles. The fraction of sp³-hybridized carbons (Fsp3) is 0. The molecule has 0 fully saturated rings. The molecule has 0 amide bonds. The molecule has 0 unspecified atom stereocenters. The van der Waals surface area contributed by atoms with Gasteiger partial charge in [-0.05, 0) is 53.9 Å². The summed E-state index contributed by atoms with van der Waals surface area (Å²) in [6, 6.07) is 35.0. The highest BCUT2D eigenvalue weighted by atomic mass is 35.5. The molecule has 1 heterocycles. The van der Waals surface area contributed by atoms with Gasteiger partial charge in [0.1, 0.15) is 0 Å². The predicted molar refractivity (Wildman–Crippen MR) is 138 cm³/mol. The van der Waals surface area contributed by atoms with E-state index >= 15 is 0 Å². The summed E-state index contributed by atoms with van der Waals surface area (Å²) in [5, 5.41) is 9.61. The van der Waals surface area contributed by atoms with E-state index < -0.39 is 0 Å². The first kappa shape index (κ1) is 19.2. The second-order valence-corrected chi connectivity index (χ2v) is 8.62. The Balaban J connectivity index is 1.68. The van der Waals surface area contributed by atoms with Crippen molar-refractivity contribution in [2.45, 2.75) is 0 Å². The van der Waals surface area contributed by atoms with Gasteiger partial charge in [0.25, 0.3) is 0 Å². The van der Waals surface area contributed by atoms with E-state index in [2.05, 4.69) is 70.5 Å². The lowest BCUT2D eigenvalue weighted by atomic mass is 10.0. The number of aromatic nitrogens is 1. The number of nitrogens with one attached hydrogen (secondary N) is 1. The Kier molecular flexibility index (Phi) is 4.57. The molecule has 0 aliphatic rings. The molecule has 5 aromatic carbocycles. The molecule has 0 saturated carbocycles. The second-order valence-electron chi connectivity index (χ2n) is 7.80. The summed E-state index contributed by atoms with van der Waals surface area (Å²) in [5.74, 6) is 0. The fourth-order valence-electron chi connectivity index (χ4n) is 4.45. The average molecular weight is 453 g/mol. The van der Waals surface area contributed by atoms with Crippen LogP contribution in [0.25, 0.3) is 38.3 Å². The summed E-state index contributed by atoms with van der Waals surface area (Å²) in [7, 11) is 0. The van der Waals surface area contributed by atoms with Crippen LogP contribution in [0, 0.1) is 0 Å². The van der Waals surface area contributed by atoms with Gasteiger partial charge in [0.05, 0.1) is 32.5 Å². The van der Waals surface area contributed by atoms with Gasteiger partial charge < -0.3 is 9.88 Å². The lowest BCUT2D eigenvalue weighted by Gasteiger charge is -2.13. The molecule has 154 valence electrons. The number of benzene rings is 5. The molecule has 0 saturated heterocycles. The van der Waals surface area contributed by atoms with Crippen molar-refractivity contribution in [1.29, 1.82) is 0 Å². The molecule has 0 aliphatic carbocycles. The summed E-state index contributed by atoms with van der Waals surface area (Å²) in [4.78, 5) is 0. The highest BCUT2D eigenvalue weighted by Crippen LogP contribution is 2.38. The lowest BCUT2D eigenvalue weighted by molar-refractivity contribution is 1.18. The van der Waals surface area contributed by atoms with Crippen LogP contribution in [0.2, 0.25) is 10.0 Å². The van der Waals surface area contributed by atoms with Crippen molar-refractivity contribution >= 4 is 67.2 Å². The van der Waals surface area contributed by atoms with Crippen LogP contribution in [0.5, 0.6) is 0 Å². The molecule has 1 aromatic heterocycles. The molecule has 4 heteroatoms. The Bertz CT molecular complexity index is 1630. The van der Waals surface area contributed by atoms with Gasteiger partial charge in [-0.15, -0.1) is 0 Å². The van der Waals surface area contributed by atoms with Crippen LogP contribution in [-0.2, 0) is 0 Å². The van der Waals surface area contributed by atoms with E-state index in [1.54, 1.807) is 0 Å². The van der Waals surface area contributed by atoms with Gasteiger partial charge in [0.2, 0.25) is 0 Å². The summed E-state index contributed by atoms with van der Waals surface area (Å²) in [6.45, 7) is 0. The fourth-order valence-corrected chi connectivity index (χ4v) is 4.85. The number of nitrogens with zero attached hydrogens (tertiary/aromatic N) is 1. The third-order valence-corrected chi connectivity index (χ3v) is 6.56. The van der Waals surface area contributed by atoms with Gasteiger partial charge in [-0.1, -0.05) is 77.8 Å². The zero-order chi connectivity index (χ0) is 21.7. The topological polar surface area (TPSA) is 17.0 Å². The maximum absolute atomic E-state index is 6.64. The summed E-state index contributed by atoms with van der Waals surface area (Å²) in [5.41, 5.74) is 5.10. The maximum Gasteiger partial charge on any atom is 0.0648 e. The Morgan fingerprint density at radius 3 is 2.09 bits per heavy atom. The summed E-state index contributed by atoms with van der Waals surface area (Å²) >= 11 is 13.1. The van der Waals surface area contributed by atoms with Crippen LogP contribution in [0.3, 0.4) is 0 Å². The molecule has 0 spiro atoms. The van der Waals surface area contributed by atoms with Gasteiger partial charge in [-0.2, -0.15) is 0 Å². The number of rotatable bonds is 3. The van der Waals surface area contributed by atoms with Crippen LogP contribution in [0.15, 0.2) is 103 Å². The Labute approximate surface area is 195 Å². The number of hydrogen-bond donors (Lipinski definition) is 1. The number of halogens is 2. The van der Waals surface area contributed by atoms with Crippen molar-refractivity contribution in [2.75, 3.05) is 5.32 Å². The Morgan fingerprint density at radius 1 is 0.531 bits per heavy atom. The third kappa shape index (κ3) is 3.03. The van der Waals surface area contributed by atoms with Gasteiger partial charge in [-0.3, -0.25) is 0 Å². The zero-order valence-electron chi connectivity index (χ0n) is 17.0. The monoisotopic (exact) mass is 452 g/mol. The van der Waals surface area contributed by atoms with Crippen molar-refractivity contribution < 1.29 is 0 Å². The molecule has 2 nitrogen and oxygen atoms in total. The molecule has 6 aromatic rings. The lowest BCUT2D eigenvalue weighted by Crippen LogP contribution is -1.95. The van der Waals surface area contributed by atoms with Crippen molar-refractivity contribution in [3.63, 3.8) is 0 Å². The minimum absolute atomic E-state index is 0.691. The van der Waals surface area contributed by atoms with Crippen molar-refractivity contribution in [2.24, 2.45) is 0 Å². The van der Waals surface area contributed by atoms with Crippen LogP contribution in [-0.4, -0.2) is 4.57 Å². The second kappa shape index (κ2) is 7.59. The molecular weight excluding hydrogens is 435 g/mol. The Hall–Kier alpha value is -3.46. The standard InChI is InChI=1S/C28H18Cl2N2/c29-22-10-2-4-12-25(22)31-24-13-7-8-18-16-21-19-9-1-5-14-26(19)32(28(21)17-20(18)24)27-15-6-3-11-23(27)30/h1-17,31H. The molecule has 0 radical (unpaired) electrons. The minimum atomic E-state index is 0.691. The first-order valence-electron chi connectivity index (χ1n) is 10.4. The van der Waals surface area contributed by atoms with E-state index in [4.69, 9.17) is 23.2 Å². The first-order valence-corrected chi connectivity index (χ1v) is 11.2. The number of anilines is 2. The van der Waals surface area contributed by atoms with E-state index in [1.807, 2.05) is 42.5 Å². The van der Waals surface area contributed by atoms with Crippen molar-refractivity contribution in [3.05, 3.63) is 113 Å². The van der Waals surface area contributed by atoms with Gasteiger partial charge in [-0.25, -0.2) is 0 Å². The molecule has 32 heavy (non-hydrogen) atoms.